The standard InChI is InChI=1S/C83H88Cl2N8O28/c1-34(2)10-8-6-4-5-7-9-11-59(100)87-48-32-52(99)72(81(113)114)120-82(48)121-73-56-26-39-27-57(73)117-53-21-16-38(24-46(53)84)68(101)67-79(110)92-66(80(111)112)44-28-40(95)29-55(118-83-71(104)70(103)69(102)58(33-94)119-83)60(44)43-23-36(14-19-49(43)96)63(76(107)93-67)89-77(108)64(39)90-78(109)65-45-30-42(31-51(98)61(45)85)116-54-25-37(15-20-50(54)97)62(86-3)75(106)88-47(74(105)91-65)22-35-12-17-41(115-56)18-13-35/h12-21,23-31,34,47-48,52,58,62-72,82-83,86,94-99,101-104H,4-11,22,32-33H2,1-3H3,(H,87,100)(H,88,106)(H,89,108)(H,90,109)(H,91,105)(H,92,110)(H,93,107)(H,111,112)(H,113,114)/t47-,48?,52?,58-,62-,63-,64-,65+,66+,67?,68-,69-,70+,71+,72?,82+,83+/m1/s1. The van der Waals surface area contributed by atoms with Crippen molar-refractivity contribution in [3.8, 4) is 80.1 Å². The van der Waals surface area contributed by atoms with Gasteiger partial charge in [-0.05, 0) is 120 Å². The number of likely N-dealkylation sites (N-methyl/N-ethyl adjacent to an activating group) is 1. The van der Waals surface area contributed by atoms with Crippen molar-refractivity contribution in [3.63, 3.8) is 0 Å². The van der Waals surface area contributed by atoms with Crippen LogP contribution in [0, 0.1) is 5.92 Å². The van der Waals surface area contributed by atoms with Crippen LogP contribution in [0.2, 0.25) is 10.0 Å². The highest BCUT2D eigenvalue weighted by Gasteiger charge is 2.49. The summed E-state index contributed by atoms with van der Waals surface area (Å²) in [7, 11) is 1.43. The van der Waals surface area contributed by atoms with Gasteiger partial charge in [0, 0.05) is 53.6 Å². The first-order valence-corrected chi connectivity index (χ1v) is 39.6. The summed E-state index contributed by atoms with van der Waals surface area (Å²) in [4.78, 5) is 136. The first kappa shape index (κ1) is 87.0. The zero-order valence-corrected chi connectivity index (χ0v) is 66.3. The number of aromatic hydroxyl groups is 4. The van der Waals surface area contributed by atoms with Crippen molar-refractivity contribution in [3.05, 3.63) is 164 Å². The molecular weight excluding hydrogens is 1630 g/mol. The number of carbonyl (C=O) groups is 9. The number of carboxylic acids is 2. The monoisotopic (exact) mass is 1710 g/mol. The molecule has 8 heterocycles. The second kappa shape index (κ2) is 37.0. The van der Waals surface area contributed by atoms with Crippen LogP contribution in [0.3, 0.4) is 0 Å². The van der Waals surface area contributed by atoms with Crippen LogP contribution in [0.1, 0.15) is 147 Å². The Bertz CT molecular complexity index is 5160. The van der Waals surface area contributed by atoms with Crippen LogP contribution >= 0.6 is 23.2 Å². The van der Waals surface area contributed by atoms with Gasteiger partial charge in [-0.15, -0.1) is 0 Å². The molecule has 0 aromatic heterocycles. The van der Waals surface area contributed by atoms with Crippen molar-refractivity contribution in [1.29, 1.82) is 0 Å². The van der Waals surface area contributed by atoms with Crippen LogP contribution in [0.4, 0.5) is 0 Å². The Labute approximate surface area is 698 Å². The lowest BCUT2D eigenvalue weighted by atomic mass is 9.89. The average molecular weight is 1720 g/mol. The normalized spacial score (nSPS) is 26.0. The summed E-state index contributed by atoms with van der Waals surface area (Å²) in [5.41, 5.74) is -3.08. The quantitative estimate of drug-likeness (QED) is 0.0490. The van der Waals surface area contributed by atoms with Crippen molar-refractivity contribution in [2.75, 3.05) is 13.7 Å². The average Bonchev–Trinajstić information content (AvgIpc) is 0.758. The van der Waals surface area contributed by atoms with Gasteiger partial charge in [-0.3, -0.25) is 33.6 Å². The summed E-state index contributed by atoms with van der Waals surface area (Å²) in [5.74, 6) is -18.0. The molecule has 17 bridgehead atoms. The first-order chi connectivity index (χ1) is 57.7. The number of nitrogens with one attached hydrogen (secondary N) is 8. The van der Waals surface area contributed by atoms with Gasteiger partial charge in [0.25, 0.3) is 0 Å². The SMILES string of the molecule is CN[C@H]1C(=O)N[C@@H]2Cc3ccc(cc3)Oc3cc4cc(c3O[C@@H]3OC(C(=O)O)C(O)CC3NC(=O)CCCCCCCCC(C)C)Oc3ccc(cc3Cl)[C@@H](O)C3NC(=O)[C@H](NC(=O)[C@@H]4NC(=O)[C@@H](NC2=O)c2cc(cc(O)c2Cl)Oc2cc1ccc2O)c1ccc(O)c(c1)-c1c(O[C@H]2O[C@H](CO)[C@@H](O)[C@H](O)[C@@H]2O)cc(O)cc1[C@@H](C(=O)O)NC3=O. The third kappa shape index (κ3) is 19.2. The molecule has 8 aliphatic rings. The van der Waals surface area contributed by atoms with E-state index in [1.165, 1.54) is 49.5 Å². The predicted molar refractivity (Wildman–Crippen MR) is 422 cm³/mol. The molecular formula is C83H88Cl2N8O28. The molecule has 7 aromatic rings. The maximum Gasteiger partial charge on any atom is 0.335 e. The van der Waals surface area contributed by atoms with E-state index >= 15 is 24.0 Å². The number of benzene rings is 7. The fourth-order valence-corrected chi connectivity index (χ4v) is 15.6. The fourth-order valence-electron chi connectivity index (χ4n) is 15.2. The number of rotatable bonds is 18. The molecule has 4 unspecified atom stereocenters. The number of amides is 7. The largest absolute Gasteiger partial charge is 0.508 e. The molecule has 38 heteroatoms. The Kier molecular flexibility index (Phi) is 26.6. The number of carboxylic acid groups (broad SMARTS) is 2. The number of unbranched alkanes of at least 4 members (excludes halogenated alkanes) is 5. The van der Waals surface area contributed by atoms with Gasteiger partial charge in [0.15, 0.2) is 35.1 Å². The second-order valence-corrected chi connectivity index (χ2v) is 31.3. The van der Waals surface area contributed by atoms with E-state index in [1.807, 2.05) is 0 Å². The van der Waals surface area contributed by atoms with Gasteiger partial charge in [-0.2, -0.15) is 0 Å². The molecule has 0 spiro atoms. The Hall–Kier alpha value is -11.8. The van der Waals surface area contributed by atoms with Gasteiger partial charge < -0.3 is 137 Å². The number of halogens is 2. The molecule has 121 heavy (non-hydrogen) atoms. The summed E-state index contributed by atoms with van der Waals surface area (Å²) in [5, 5.41) is 156. The van der Waals surface area contributed by atoms with E-state index in [1.54, 1.807) is 0 Å². The molecule has 0 saturated carbocycles. The zero-order valence-electron chi connectivity index (χ0n) is 64.8. The van der Waals surface area contributed by atoms with Gasteiger partial charge >= 0.3 is 11.9 Å². The number of hydrogen-bond donors (Lipinski definition) is 20. The molecule has 20 N–H and O–H groups in total. The number of phenolic OH excluding ortho intramolecular Hbond substituents is 4. The summed E-state index contributed by atoms with van der Waals surface area (Å²) in [6, 6.07) is 5.55. The van der Waals surface area contributed by atoms with Crippen LogP contribution in [-0.4, -0.2) is 196 Å². The van der Waals surface area contributed by atoms with Gasteiger partial charge in [0.1, 0.15) is 107 Å². The lowest BCUT2D eigenvalue weighted by Crippen LogP contribution is -2.60. The van der Waals surface area contributed by atoms with E-state index in [0.717, 1.165) is 105 Å². The number of ether oxygens (including phenoxy) is 7. The van der Waals surface area contributed by atoms with Gasteiger partial charge in [0.05, 0.1) is 28.8 Å². The number of phenols is 4. The smallest absolute Gasteiger partial charge is 0.335 e. The molecule has 17 atom stereocenters. The van der Waals surface area contributed by atoms with E-state index in [4.69, 9.17) is 56.4 Å². The van der Waals surface area contributed by atoms with Gasteiger partial charge in [-0.1, -0.05) is 106 Å². The van der Waals surface area contributed by atoms with Crippen LogP contribution in [0.15, 0.2) is 115 Å². The Morgan fingerprint density at radius 1 is 0.554 bits per heavy atom. The molecule has 7 aromatic carbocycles. The van der Waals surface area contributed by atoms with E-state index in [-0.39, 0.29) is 41.2 Å². The number of carbonyl (C=O) groups excluding carboxylic acids is 7. The minimum absolute atomic E-state index is 0.0344. The van der Waals surface area contributed by atoms with Crippen molar-refractivity contribution >= 4 is 76.5 Å². The lowest BCUT2D eigenvalue weighted by molar-refractivity contribution is -0.277. The molecule has 7 amide bonds. The van der Waals surface area contributed by atoms with Crippen LogP contribution in [-0.2, 0) is 59.0 Å². The van der Waals surface area contributed by atoms with Crippen molar-refractivity contribution in [2.45, 2.75) is 182 Å². The molecule has 8 aliphatic heterocycles. The summed E-state index contributed by atoms with van der Waals surface area (Å²) >= 11 is 14.2. The Morgan fingerprint density at radius 2 is 1.20 bits per heavy atom. The first-order valence-electron chi connectivity index (χ1n) is 38.8. The summed E-state index contributed by atoms with van der Waals surface area (Å²) in [6.45, 7) is 3.31. The van der Waals surface area contributed by atoms with Crippen LogP contribution < -0.4 is 66.2 Å². The highest BCUT2D eigenvalue weighted by Crippen LogP contribution is 2.50. The predicted octanol–water partition coefficient (Wildman–Crippen LogP) is 5.21. The Balaban J connectivity index is 1.03. The van der Waals surface area contributed by atoms with Crippen molar-refractivity contribution < 1.29 is 138 Å². The number of aliphatic hydroxyl groups excluding tert-OH is 6. The highest BCUT2D eigenvalue weighted by atomic mass is 35.5. The van der Waals surface area contributed by atoms with Gasteiger partial charge in [0.2, 0.25) is 59.7 Å². The van der Waals surface area contributed by atoms with Crippen molar-refractivity contribution in [2.24, 2.45) is 5.92 Å². The molecule has 36 nitrogen and oxygen atoms in total. The molecule has 0 aliphatic carbocycles. The molecule has 2 fully saturated rings. The third-order valence-electron chi connectivity index (χ3n) is 21.5. The van der Waals surface area contributed by atoms with Crippen LogP contribution in [0.25, 0.3) is 11.1 Å². The third-order valence-corrected chi connectivity index (χ3v) is 22.2. The number of hydrogen-bond acceptors (Lipinski definition) is 27. The fraction of sp³-hybridized carbons (Fsp3) is 0.386. The topological polar surface area (TPSA) is 557 Å². The molecule has 15 rings (SSSR count). The second-order valence-electron chi connectivity index (χ2n) is 30.5. The number of aliphatic hydroxyl groups is 6. The van der Waals surface area contributed by atoms with Gasteiger partial charge in [-0.25, -0.2) is 9.59 Å². The van der Waals surface area contributed by atoms with E-state index < -0.39 is 265 Å². The molecule has 0 radical (unpaired) electrons. The maximum absolute atomic E-state index is 16.7. The minimum atomic E-state index is -2.42. The summed E-state index contributed by atoms with van der Waals surface area (Å²) in [6.07, 6.45) is -13.1. The molecule has 642 valence electrons. The van der Waals surface area contributed by atoms with E-state index in [0.29, 0.717) is 24.3 Å². The van der Waals surface area contributed by atoms with E-state index in [2.05, 4.69) is 56.4 Å². The molecule has 2 saturated heterocycles. The number of aliphatic carboxylic acids is 2. The Morgan fingerprint density at radius 3 is 1.89 bits per heavy atom. The lowest BCUT2D eigenvalue weighted by Gasteiger charge is -2.40. The van der Waals surface area contributed by atoms with Crippen molar-refractivity contribution in [1.82, 2.24) is 42.5 Å². The minimum Gasteiger partial charge on any atom is -0.508 e. The zero-order chi connectivity index (χ0) is 86.7. The highest BCUT2D eigenvalue weighted by molar-refractivity contribution is 6.33. The summed E-state index contributed by atoms with van der Waals surface area (Å²) < 4.78 is 44.2. The number of fused-ring (bicyclic) bond motifs is 14. The van der Waals surface area contributed by atoms with E-state index in [9.17, 15) is 80.5 Å². The maximum atomic E-state index is 16.7. The van der Waals surface area contributed by atoms with Crippen LogP contribution in [0.5, 0.6) is 69.0 Å².